The van der Waals surface area contributed by atoms with Crippen molar-refractivity contribution in [2.45, 2.75) is 6.92 Å². The van der Waals surface area contributed by atoms with Crippen LogP contribution in [0.4, 0.5) is 11.4 Å². The summed E-state index contributed by atoms with van der Waals surface area (Å²) >= 11 is 5.91. The van der Waals surface area contributed by atoms with Gasteiger partial charge in [-0.3, -0.25) is 14.9 Å². The average Bonchev–Trinajstić information content (AvgIpc) is 2.62. The highest BCUT2D eigenvalue weighted by Crippen LogP contribution is 2.24. The average molecular weight is 360 g/mol. The fraction of sp³-hybridized carbons (Fsp3) is 0.278. The highest BCUT2D eigenvalue weighted by Gasteiger charge is 2.25. The molecule has 6 nitrogen and oxygen atoms in total. The van der Waals surface area contributed by atoms with Crippen LogP contribution >= 0.6 is 11.6 Å². The van der Waals surface area contributed by atoms with Gasteiger partial charge in [-0.15, -0.1) is 0 Å². The van der Waals surface area contributed by atoms with Gasteiger partial charge in [0.1, 0.15) is 0 Å². The lowest BCUT2D eigenvalue weighted by atomic mass is 10.1. The van der Waals surface area contributed by atoms with E-state index in [2.05, 4.69) is 4.90 Å². The van der Waals surface area contributed by atoms with Crippen molar-refractivity contribution in [1.29, 1.82) is 0 Å². The summed E-state index contributed by atoms with van der Waals surface area (Å²) in [6.07, 6.45) is 0. The quantitative estimate of drug-likeness (QED) is 0.621. The van der Waals surface area contributed by atoms with E-state index in [1.807, 2.05) is 24.3 Å². The number of amides is 1. The number of carbonyl (C=O) groups excluding carboxylic acids is 1. The Labute approximate surface area is 150 Å². The molecule has 0 spiro atoms. The predicted octanol–water partition coefficient (Wildman–Crippen LogP) is 3.52. The van der Waals surface area contributed by atoms with Gasteiger partial charge in [-0.25, -0.2) is 0 Å². The van der Waals surface area contributed by atoms with Crippen LogP contribution in [-0.2, 0) is 0 Å². The maximum atomic E-state index is 12.8. The molecule has 0 bridgehead atoms. The van der Waals surface area contributed by atoms with Crippen molar-refractivity contribution in [2.24, 2.45) is 0 Å². The molecule has 0 unspecified atom stereocenters. The monoisotopic (exact) mass is 359 g/mol. The zero-order chi connectivity index (χ0) is 18.0. The minimum absolute atomic E-state index is 0.0225. The van der Waals surface area contributed by atoms with Crippen LogP contribution in [0.15, 0.2) is 42.5 Å². The number of benzene rings is 2. The number of nitro groups is 1. The van der Waals surface area contributed by atoms with Crippen LogP contribution < -0.4 is 4.90 Å². The molecule has 0 saturated carbocycles. The summed E-state index contributed by atoms with van der Waals surface area (Å²) in [5, 5.41) is 11.8. The molecular formula is C18H18ClN3O3. The van der Waals surface area contributed by atoms with Gasteiger partial charge in [0.15, 0.2) is 0 Å². The van der Waals surface area contributed by atoms with Crippen molar-refractivity contribution < 1.29 is 9.72 Å². The van der Waals surface area contributed by atoms with Gasteiger partial charge in [0.05, 0.1) is 4.92 Å². The highest BCUT2D eigenvalue weighted by atomic mass is 35.5. The predicted molar refractivity (Wildman–Crippen MR) is 97.4 cm³/mol. The summed E-state index contributed by atoms with van der Waals surface area (Å²) in [6, 6.07) is 12.2. The van der Waals surface area contributed by atoms with Crippen molar-refractivity contribution in [3.05, 3.63) is 68.7 Å². The number of halogens is 1. The van der Waals surface area contributed by atoms with Crippen LogP contribution in [0, 0.1) is 17.0 Å². The Morgan fingerprint density at radius 3 is 2.32 bits per heavy atom. The first-order chi connectivity index (χ1) is 12.0. The first kappa shape index (κ1) is 17.2. The van der Waals surface area contributed by atoms with Gasteiger partial charge in [0, 0.05) is 54.1 Å². The normalized spacial score (nSPS) is 14.5. The number of nitro benzene ring substituents is 1. The van der Waals surface area contributed by atoms with Gasteiger partial charge in [0.25, 0.3) is 11.6 Å². The lowest BCUT2D eigenvalue weighted by Crippen LogP contribution is -2.49. The number of piperazine rings is 1. The van der Waals surface area contributed by atoms with Gasteiger partial charge in [-0.05, 0) is 37.3 Å². The molecule has 3 rings (SSSR count). The SMILES string of the molecule is Cc1c(C(=O)N2CCN(c3ccc(Cl)cc3)CC2)cccc1[N+](=O)[O-]. The molecule has 1 aliphatic rings. The molecule has 25 heavy (non-hydrogen) atoms. The van der Waals surface area contributed by atoms with Crippen LogP contribution in [0.2, 0.25) is 5.02 Å². The van der Waals surface area contributed by atoms with Gasteiger partial charge in [-0.1, -0.05) is 17.7 Å². The number of anilines is 1. The molecule has 1 heterocycles. The third kappa shape index (κ3) is 3.58. The Bertz CT molecular complexity index is 800. The van der Waals surface area contributed by atoms with Gasteiger partial charge < -0.3 is 9.80 Å². The summed E-state index contributed by atoms with van der Waals surface area (Å²) in [6.45, 7) is 4.19. The molecule has 1 amide bonds. The van der Waals surface area contributed by atoms with E-state index in [-0.39, 0.29) is 11.6 Å². The van der Waals surface area contributed by atoms with E-state index in [0.717, 1.165) is 5.69 Å². The van der Waals surface area contributed by atoms with Crippen molar-refractivity contribution in [2.75, 3.05) is 31.1 Å². The van der Waals surface area contributed by atoms with Crippen LogP contribution in [0.25, 0.3) is 0 Å². The maximum Gasteiger partial charge on any atom is 0.273 e. The highest BCUT2D eigenvalue weighted by molar-refractivity contribution is 6.30. The summed E-state index contributed by atoms with van der Waals surface area (Å²) in [7, 11) is 0. The summed E-state index contributed by atoms with van der Waals surface area (Å²) in [5.74, 6) is -0.156. The second-order valence-electron chi connectivity index (χ2n) is 5.96. The molecule has 0 aliphatic carbocycles. The van der Waals surface area contributed by atoms with Crippen LogP contribution in [0.3, 0.4) is 0 Å². The van der Waals surface area contributed by atoms with E-state index in [0.29, 0.717) is 42.3 Å². The molecule has 2 aromatic carbocycles. The fourth-order valence-corrected chi connectivity index (χ4v) is 3.17. The van der Waals surface area contributed by atoms with Gasteiger partial charge >= 0.3 is 0 Å². The Morgan fingerprint density at radius 2 is 1.72 bits per heavy atom. The van der Waals surface area contributed by atoms with E-state index in [9.17, 15) is 14.9 Å². The van der Waals surface area contributed by atoms with Crippen LogP contribution in [-0.4, -0.2) is 41.9 Å². The molecule has 1 saturated heterocycles. The minimum Gasteiger partial charge on any atom is -0.368 e. The zero-order valence-electron chi connectivity index (χ0n) is 13.8. The van der Waals surface area contributed by atoms with E-state index >= 15 is 0 Å². The molecule has 1 aliphatic heterocycles. The Balaban J connectivity index is 1.71. The van der Waals surface area contributed by atoms with Gasteiger partial charge in [-0.2, -0.15) is 0 Å². The maximum absolute atomic E-state index is 12.8. The smallest absolute Gasteiger partial charge is 0.273 e. The van der Waals surface area contributed by atoms with E-state index in [4.69, 9.17) is 11.6 Å². The van der Waals surface area contributed by atoms with E-state index < -0.39 is 4.92 Å². The third-order valence-corrected chi connectivity index (χ3v) is 4.74. The van der Waals surface area contributed by atoms with Crippen LogP contribution in [0.5, 0.6) is 0 Å². The molecule has 2 aromatic rings. The van der Waals surface area contributed by atoms with Crippen molar-refractivity contribution in [3.8, 4) is 0 Å². The van der Waals surface area contributed by atoms with Gasteiger partial charge in [0.2, 0.25) is 0 Å². The molecule has 0 atom stereocenters. The summed E-state index contributed by atoms with van der Waals surface area (Å²) in [5.41, 5.74) is 1.86. The first-order valence-electron chi connectivity index (χ1n) is 8.01. The van der Waals surface area contributed by atoms with Crippen LogP contribution in [0.1, 0.15) is 15.9 Å². The van der Waals surface area contributed by atoms with E-state index in [1.54, 1.807) is 24.0 Å². The second kappa shape index (κ2) is 7.11. The number of rotatable bonds is 3. The Kier molecular flexibility index (Phi) is 4.90. The van der Waals surface area contributed by atoms with Crippen molar-refractivity contribution in [3.63, 3.8) is 0 Å². The molecule has 0 aromatic heterocycles. The van der Waals surface area contributed by atoms with Crippen molar-refractivity contribution >= 4 is 28.9 Å². The minimum atomic E-state index is -0.454. The summed E-state index contributed by atoms with van der Waals surface area (Å²) in [4.78, 5) is 27.3. The molecule has 7 heteroatoms. The molecule has 130 valence electrons. The second-order valence-corrected chi connectivity index (χ2v) is 6.40. The largest absolute Gasteiger partial charge is 0.368 e. The number of hydrogen-bond acceptors (Lipinski definition) is 4. The fourth-order valence-electron chi connectivity index (χ4n) is 3.04. The third-order valence-electron chi connectivity index (χ3n) is 4.49. The summed E-state index contributed by atoms with van der Waals surface area (Å²) < 4.78 is 0. The first-order valence-corrected chi connectivity index (χ1v) is 8.39. The standard InChI is InChI=1S/C18H18ClN3O3/c1-13-16(3-2-4-17(13)22(24)25)18(23)21-11-9-20(10-12-21)15-7-5-14(19)6-8-15/h2-8H,9-12H2,1H3. The molecule has 1 fully saturated rings. The molecule has 0 N–H and O–H groups in total. The Hall–Kier alpha value is -2.60. The van der Waals surface area contributed by atoms with E-state index in [1.165, 1.54) is 6.07 Å². The number of carbonyl (C=O) groups is 1. The number of nitrogens with zero attached hydrogens (tertiary/aromatic N) is 3. The topological polar surface area (TPSA) is 66.7 Å². The number of hydrogen-bond donors (Lipinski definition) is 0. The lowest BCUT2D eigenvalue weighted by molar-refractivity contribution is -0.385. The lowest BCUT2D eigenvalue weighted by Gasteiger charge is -2.36. The van der Waals surface area contributed by atoms with Crippen molar-refractivity contribution in [1.82, 2.24) is 4.90 Å². The molecule has 0 radical (unpaired) electrons. The molecular weight excluding hydrogens is 342 g/mol. The Morgan fingerprint density at radius 1 is 1.08 bits per heavy atom. The zero-order valence-corrected chi connectivity index (χ0v) is 14.6.